The average Bonchev–Trinajstić information content (AvgIpc) is 3.26. The van der Waals surface area contributed by atoms with Gasteiger partial charge in [0.15, 0.2) is 5.96 Å². The molecule has 7 nitrogen and oxygen atoms in total. The third-order valence-electron chi connectivity index (χ3n) is 4.95. The standard InChI is InChI=1S/C21H34N4O3.HI/c1-2-22-21(23-9-5-12-28-19-8-13-27-17-19)24-16-18-6-3-4-7-20(18)25-10-14-26-15-11-25;/h3-4,6-7,19H,2,5,8-17H2,1H3,(H2,22,23,24);1H. The number of morpholine rings is 1. The summed E-state index contributed by atoms with van der Waals surface area (Å²) in [6.07, 6.45) is 2.24. The lowest BCUT2D eigenvalue weighted by Crippen LogP contribution is -2.38. The van der Waals surface area contributed by atoms with Gasteiger partial charge in [-0.2, -0.15) is 0 Å². The summed E-state index contributed by atoms with van der Waals surface area (Å²) in [6.45, 7) is 10.2. The topological polar surface area (TPSA) is 67.4 Å². The Labute approximate surface area is 191 Å². The second kappa shape index (κ2) is 14.0. The van der Waals surface area contributed by atoms with Gasteiger partial charge in [0.05, 0.1) is 32.5 Å². The van der Waals surface area contributed by atoms with Crippen molar-refractivity contribution in [1.29, 1.82) is 0 Å². The number of ether oxygens (including phenoxy) is 3. The first-order valence-electron chi connectivity index (χ1n) is 10.5. The normalized spacial score (nSPS) is 19.7. The van der Waals surface area contributed by atoms with E-state index in [-0.39, 0.29) is 30.1 Å². The highest BCUT2D eigenvalue weighted by molar-refractivity contribution is 14.0. The van der Waals surface area contributed by atoms with E-state index in [1.807, 2.05) is 0 Å². The van der Waals surface area contributed by atoms with Crippen LogP contribution in [-0.2, 0) is 20.8 Å². The first-order chi connectivity index (χ1) is 13.9. The van der Waals surface area contributed by atoms with Crippen LogP contribution in [0.15, 0.2) is 29.3 Å². The van der Waals surface area contributed by atoms with E-state index >= 15 is 0 Å². The van der Waals surface area contributed by atoms with E-state index in [9.17, 15) is 0 Å². The molecular weight excluding hydrogens is 483 g/mol. The van der Waals surface area contributed by atoms with E-state index in [1.54, 1.807) is 0 Å². The monoisotopic (exact) mass is 518 g/mol. The number of hydrogen-bond donors (Lipinski definition) is 2. The predicted molar refractivity (Wildman–Crippen MR) is 128 cm³/mol. The molecule has 0 aliphatic carbocycles. The van der Waals surface area contributed by atoms with Crippen molar-refractivity contribution >= 4 is 35.6 Å². The lowest BCUT2D eigenvalue weighted by atomic mass is 10.1. The minimum Gasteiger partial charge on any atom is -0.379 e. The van der Waals surface area contributed by atoms with E-state index in [0.717, 1.165) is 78.0 Å². The van der Waals surface area contributed by atoms with Gasteiger partial charge in [0, 0.05) is 45.1 Å². The molecule has 3 rings (SSSR count). The van der Waals surface area contributed by atoms with Crippen molar-refractivity contribution in [1.82, 2.24) is 10.6 Å². The van der Waals surface area contributed by atoms with Crippen LogP contribution in [0.2, 0.25) is 0 Å². The Morgan fingerprint density at radius 3 is 2.76 bits per heavy atom. The highest BCUT2D eigenvalue weighted by Gasteiger charge is 2.16. The summed E-state index contributed by atoms with van der Waals surface area (Å²) in [5, 5.41) is 6.74. The van der Waals surface area contributed by atoms with Crippen LogP contribution in [-0.4, -0.2) is 71.3 Å². The van der Waals surface area contributed by atoms with Gasteiger partial charge in [-0.3, -0.25) is 0 Å². The molecule has 1 aromatic rings. The zero-order valence-electron chi connectivity index (χ0n) is 17.4. The molecule has 2 aliphatic heterocycles. The zero-order chi connectivity index (χ0) is 19.4. The van der Waals surface area contributed by atoms with Gasteiger partial charge in [-0.25, -0.2) is 4.99 Å². The minimum atomic E-state index is 0. The Kier molecular flexibility index (Phi) is 11.7. The number of aliphatic imine (C=N–C) groups is 1. The fourth-order valence-electron chi connectivity index (χ4n) is 3.44. The van der Waals surface area contributed by atoms with E-state index in [0.29, 0.717) is 6.54 Å². The molecular formula is C21H35IN4O3. The summed E-state index contributed by atoms with van der Waals surface area (Å²) in [6, 6.07) is 8.52. The number of nitrogens with zero attached hydrogens (tertiary/aromatic N) is 2. The van der Waals surface area contributed by atoms with Crippen molar-refractivity contribution in [2.75, 3.05) is 64.1 Å². The fourth-order valence-corrected chi connectivity index (χ4v) is 3.44. The number of nitrogens with one attached hydrogen (secondary N) is 2. The van der Waals surface area contributed by atoms with Crippen LogP contribution in [0.4, 0.5) is 5.69 Å². The van der Waals surface area contributed by atoms with Gasteiger partial charge in [-0.05, 0) is 31.4 Å². The quantitative estimate of drug-likeness (QED) is 0.227. The van der Waals surface area contributed by atoms with Crippen LogP contribution in [0.25, 0.3) is 0 Å². The van der Waals surface area contributed by atoms with Crippen LogP contribution < -0.4 is 15.5 Å². The number of anilines is 1. The molecule has 0 amide bonds. The van der Waals surface area contributed by atoms with E-state index in [1.165, 1.54) is 11.3 Å². The molecule has 1 unspecified atom stereocenters. The number of benzene rings is 1. The molecule has 29 heavy (non-hydrogen) atoms. The molecule has 2 N–H and O–H groups in total. The molecule has 1 aromatic carbocycles. The first-order valence-corrected chi connectivity index (χ1v) is 10.5. The molecule has 164 valence electrons. The second-order valence-electron chi connectivity index (χ2n) is 7.06. The van der Waals surface area contributed by atoms with Gasteiger partial charge < -0.3 is 29.7 Å². The van der Waals surface area contributed by atoms with Gasteiger partial charge >= 0.3 is 0 Å². The summed E-state index contributed by atoms with van der Waals surface area (Å²) in [7, 11) is 0. The van der Waals surface area contributed by atoms with Gasteiger partial charge in [0.25, 0.3) is 0 Å². The van der Waals surface area contributed by atoms with Gasteiger partial charge in [-0.1, -0.05) is 18.2 Å². The van der Waals surface area contributed by atoms with E-state index < -0.39 is 0 Å². The van der Waals surface area contributed by atoms with Crippen LogP contribution in [0.3, 0.4) is 0 Å². The molecule has 0 bridgehead atoms. The zero-order valence-corrected chi connectivity index (χ0v) is 19.7. The molecule has 2 aliphatic rings. The van der Waals surface area contributed by atoms with E-state index in [4.69, 9.17) is 19.2 Å². The maximum Gasteiger partial charge on any atom is 0.191 e. The van der Waals surface area contributed by atoms with Gasteiger partial charge in [0.1, 0.15) is 0 Å². The largest absolute Gasteiger partial charge is 0.379 e. The Morgan fingerprint density at radius 2 is 2.00 bits per heavy atom. The molecule has 2 heterocycles. The molecule has 0 spiro atoms. The van der Waals surface area contributed by atoms with Crippen molar-refractivity contribution < 1.29 is 14.2 Å². The molecule has 8 heteroatoms. The van der Waals surface area contributed by atoms with E-state index in [2.05, 4.69) is 46.7 Å². The Balaban J connectivity index is 0.00000300. The smallest absolute Gasteiger partial charge is 0.191 e. The van der Waals surface area contributed by atoms with Gasteiger partial charge in [0.2, 0.25) is 0 Å². The lowest BCUT2D eigenvalue weighted by Gasteiger charge is -2.30. The minimum absolute atomic E-state index is 0. The maximum absolute atomic E-state index is 5.82. The average molecular weight is 518 g/mol. The van der Waals surface area contributed by atoms with Crippen molar-refractivity contribution in [2.45, 2.75) is 32.4 Å². The number of para-hydroxylation sites is 1. The predicted octanol–water partition coefficient (Wildman–Crippen LogP) is 2.39. The SMILES string of the molecule is CCNC(=NCc1ccccc1N1CCOCC1)NCCCOC1CCOC1.I. The van der Waals surface area contributed by atoms with Crippen LogP contribution in [0, 0.1) is 0 Å². The molecule has 0 saturated carbocycles. The Morgan fingerprint density at radius 1 is 1.17 bits per heavy atom. The van der Waals surface area contributed by atoms with Crippen LogP contribution >= 0.6 is 24.0 Å². The number of hydrogen-bond acceptors (Lipinski definition) is 5. The molecule has 0 aromatic heterocycles. The van der Waals surface area contributed by atoms with Crippen LogP contribution in [0.5, 0.6) is 0 Å². The van der Waals surface area contributed by atoms with Crippen molar-refractivity contribution in [2.24, 2.45) is 4.99 Å². The number of rotatable bonds is 9. The summed E-state index contributed by atoms with van der Waals surface area (Å²) < 4.78 is 16.6. The molecule has 1 atom stereocenters. The molecule has 2 fully saturated rings. The summed E-state index contributed by atoms with van der Waals surface area (Å²) in [4.78, 5) is 7.18. The number of halogens is 1. The van der Waals surface area contributed by atoms with Crippen LogP contribution in [0.1, 0.15) is 25.3 Å². The number of guanidine groups is 1. The molecule has 2 saturated heterocycles. The maximum atomic E-state index is 5.82. The van der Waals surface area contributed by atoms with Crippen molar-refractivity contribution in [3.8, 4) is 0 Å². The Bertz CT molecular complexity index is 605. The van der Waals surface area contributed by atoms with Gasteiger partial charge in [-0.15, -0.1) is 24.0 Å². The Hall–Kier alpha value is -1.10. The first kappa shape index (κ1) is 24.2. The lowest BCUT2D eigenvalue weighted by molar-refractivity contribution is 0.0420. The summed E-state index contributed by atoms with van der Waals surface area (Å²) >= 11 is 0. The highest BCUT2D eigenvalue weighted by Crippen LogP contribution is 2.22. The highest BCUT2D eigenvalue weighted by atomic mass is 127. The summed E-state index contributed by atoms with van der Waals surface area (Å²) in [5.41, 5.74) is 2.50. The second-order valence-corrected chi connectivity index (χ2v) is 7.06. The third kappa shape index (κ3) is 8.27. The molecule has 0 radical (unpaired) electrons. The third-order valence-corrected chi connectivity index (χ3v) is 4.95. The summed E-state index contributed by atoms with van der Waals surface area (Å²) in [5.74, 6) is 0.850. The van der Waals surface area contributed by atoms with Crippen molar-refractivity contribution in [3.05, 3.63) is 29.8 Å². The van der Waals surface area contributed by atoms with Crippen molar-refractivity contribution in [3.63, 3.8) is 0 Å². The fraction of sp³-hybridized carbons (Fsp3) is 0.667.